The predicted octanol–water partition coefficient (Wildman–Crippen LogP) is 2.69. The van der Waals surface area contributed by atoms with Crippen molar-refractivity contribution in [2.75, 3.05) is 0 Å². The summed E-state index contributed by atoms with van der Waals surface area (Å²) in [5.41, 5.74) is 0.767. The molecule has 0 radical (unpaired) electrons. The minimum atomic E-state index is -3.53. The Hall–Kier alpha value is -3.39. The Morgan fingerprint density at radius 1 is 1.00 bits per heavy atom. The van der Waals surface area contributed by atoms with E-state index in [4.69, 9.17) is 4.42 Å². The maximum Gasteiger partial charge on any atom is 0.251 e. The van der Waals surface area contributed by atoms with E-state index in [1.807, 2.05) is 0 Å². The summed E-state index contributed by atoms with van der Waals surface area (Å²) in [5, 5.41) is 5.29. The molecule has 0 spiro atoms. The molecule has 7 nitrogen and oxygen atoms in total. The van der Waals surface area contributed by atoms with Gasteiger partial charge in [0.15, 0.2) is 9.84 Å². The monoisotopic (exact) mass is 426 g/mol. The molecule has 0 fully saturated rings. The van der Waals surface area contributed by atoms with Crippen LogP contribution in [0.4, 0.5) is 0 Å². The number of furan rings is 1. The topological polar surface area (TPSA) is 105 Å². The molecule has 0 aliphatic rings. The van der Waals surface area contributed by atoms with Crippen LogP contribution in [0.1, 0.15) is 28.6 Å². The van der Waals surface area contributed by atoms with Gasteiger partial charge in [-0.25, -0.2) is 8.42 Å². The maximum atomic E-state index is 12.6. The second-order valence-electron chi connectivity index (χ2n) is 6.76. The number of sulfone groups is 1. The quantitative estimate of drug-likeness (QED) is 0.576. The van der Waals surface area contributed by atoms with Crippen molar-refractivity contribution < 1.29 is 22.4 Å². The second-order valence-corrected chi connectivity index (χ2v) is 8.75. The van der Waals surface area contributed by atoms with Crippen LogP contribution in [0.15, 0.2) is 82.3 Å². The molecule has 156 valence electrons. The lowest BCUT2D eigenvalue weighted by Crippen LogP contribution is -2.44. The van der Waals surface area contributed by atoms with Gasteiger partial charge in [-0.3, -0.25) is 9.59 Å². The van der Waals surface area contributed by atoms with Gasteiger partial charge in [0.2, 0.25) is 5.91 Å². The summed E-state index contributed by atoms with van der Waals surface area (Å²) in [6.07, 6.45) is 1.51. The zero-order valence-corrected chi connectivity index (χ0v) is 17.2. The average Bonchev–Trinajstić information content (AvgIpc) is 3.26. The van der Waals surface area contributed by atoms with Gasteiger partial charge < -0.3 is 15.1 Å². The highest BCUT2D eigenvalue weighted by molar-refractivity contribution is 7.90. The van der Waals surface area contributed by atoms with E-state index in [9.17, 15) is 18.0 Å². The first-order valence-electron chi connectivity index (χ1n) is 9.33. The van der Waals surface area contributed by atoms with Crippen molar-refractivity contribution in [1.82, 2.24) is 10.6 Å². The van der Waals surface area contributed by atoms with Crippen LogP contribution in [0, 0.1) is 0 Å². The molecule has 1 unspecified atom stereocenters. The lowest BCUT2D eigenvalue weighted by molar-refractivity contribution is -0.122. The number of rotatable bonds is 8. The summed E-state index contributed by atoms with van der Waals surface area (Å²) >= 11 is 0. The van der Waals surface area contributed by atoms with Crippen LogP contribution in [-0.4, -0.2) is 26.3 Å². The van der Waals surface area contributed by atoms with Crippen molar-refractivity contribution in [3.63, 3.8) is 0 Å². The molecular formula is C22H22N2O5S. The first-order chi connectivity index (χ1) is 14.3. The highest BCUT2D eigenvalue weighted by Crippen LogP contribution is 2.17. The summed E-state index contributed by atoms with van der Waals surface area (Å²) in [6.45, 7) is 1.79. The zero-order valence-electron chi connectivity index (χ0n) is 16.4. The number of nitrogens with one attached hydrogen (secondary N) is 2. The van der Waals surface area contributed by atoms with Gasteiger partial charge in [-0.1, -0.05) is 30.3 Å². The molecule has 8 heteroatoms. The fourth-order valence-electron chi connectivity index (χ4n) is 2.82. The van der Waals surface area contributed by atoms with E-state index in [1.54, 1.807) is 55.5 Å². The van der Waals surface area contributed by atoms with Crippen LogP contribution >= 0.6 is 0 Å². The molecule has 3 rings (SSSR count). The molecule has 1 aromatic heterocycles. The van der Waals surface area contributed by atoms with Gasteiger partial charge in [0, 0.05) is 5.56 Å². The van der Waals surface area contributed by atoms with Crippen molar-refractivity contribution in [2.45, 2.75) is 30.2 Å². The van der Waals surface area contributed by atoms with Crippen LogP contribution in [0.3, 0.4) is 0 Å². The summed E-state index contributed by atoms with van der Waals surface area (Å²) in [4.78, 5) is 24.9. The first-order valence-corrected chi connectivity index (χ1v) is 11.0. The number of amides is 2. The van der Waals surface area contributed by atoms with Gasteiger partial charge in [-0.05, 0) is 48.9 Å². The normalized spacial score (nSPS) is 12.2. The van der Waals surface area contributed by atoms with Crippen LogP contribution in [-0.2, 0) is 26.9 Å². The lowest BCUT2D eigenvalue weighted by atomic mass is 10.1. The number of carbonyl (C=O) groups excluding carboxylic acids is 2. The van der Waals surface area contributed by atoms with Gasteiger partial charge >= 0.3 is 0 Å². The molecule has 3 aromatic rings. The van der Waals surface area contributed by atoms with E-state index in [0.29, 0.717) is 11.3 Å². The summed E-state index contributed by atoms with van der Waals surface area (Å²) in [5.74, 6) is -0.441. The van der Waals surface area contributed by atoms with Crippen LogP contribution in [0.5, 0.6) is 0 Å². The van der Waals surface area contributed by atoms with Crippen LogP contribution < -0.4 is 10.6 Å². The number of benzene rings is 2. The number of carbonyl (C=O) groups is 2. The molecule has 0 aliphatic heterocycles. The van der Waals surface area contributed by atoms with E-state index >= 15 is 0 Å². The third-order valence-electron chi connectivity index (χ3n) is 4.41. The largest absolute Gasteiger partial charge is 0.467 e. The van der Waals surface area contributed by atoms with Crippen molar-refractivity contribution in [3.05, 3.63) is 89.9 Å². The number of hydrogen-bond acceptors (Lipinski definition) is 5. The van der Waals surface area contributed by atoms with Crippen LogP contribution in [0.2, 0.25) is 0 Å². The molecule has 30 heavy (non-hydrogen) atoms. The highest BCUT2D eigenvalue weighted by atomic mass is 32.2. The molecule has 1 atom stereocenters. The summed E-state index contributed by atoms with van der Waals surface area (Å²) < 4.78 is 30.3. The van der Waals surface area contributed by atoms with Crippen LogP contribution in [0.25, 0.3) is 0 Å². The van der Waals surface area contributed by atoms with Gasteiger partial charge in [-0.15, -0.1) is 0 Å². The van der Waals surface area contributed by atoms with Crippen molar-refractivity contribution in [1.29, 1.82) is 0 Å². The summed E-state index contributed by atoms with van der Waals surface area (Å²) in [6, 6.07) is 17.2. The molecule has 0 aliphatic carbocycles. The first kappa shape index (κ1) is 21.3. The Kier molecular flexibility index (Phi) is 6.68. The average molecular weight is 426 g/mol. The van der Waals surface area contributed by atoms with Crippen molar-refractivity contribution >= 4 is 21.7 Å². The standard InChI is InChI=1S/C22H22N2O5S/c1-16(21(25)23-14-19-9-6-12-29-19)24-22(26)18-8-5-7-17(13-18)15-30(27,28)20-10-3-2-4-11-20/h2-13,16H,14-15H2,1H3,(H,23,25)(H,24,26). The molecular weight excluding hydrogens is 404 g/mol. The number of hydrogen-bond donors (Lipinski definition) is 2. The molecule has 0 saturated heterocycles. The molecule has 2 N–H and O–H groups in total. The second kappa shape index (κ2) is 9.41. The van der Waals surface area contributed by atoms with Gasteiger partial charge in [0.05, 0.1) is 23.5 Å². The van der Waals surface area contributed by atoms with E-state index in [0.717, 1.165) is 0 Å². The van der Waals surface area contributed by atoms with Crippen molar-refractivity contribution in [3.8, 4) is 0 Å². The Balaban J connectivity index is 1.62. The Labute approximate surface area is 175 Å². The zero-order chi connectivity index (χ0) is 21.6. The smallest absolute Gasteiger partial charge is 0.251 e. The fraction of sp³-hybridized carbons (Fsp3) is 0.182. The minimum absolute atomic E-state index is 0.221. The SMILES string of the molecule is CC(NC(=O)c1cccc(CS(=O)(=O)c2ccccc2)c1)C(=O)NCc1ccco1. The third-order valence-corrected chi connectivity index (χ3v) is 6.11. The van der Waals surface area contributed by atoms with E-state index in [-0.39, 0.29) is 28.7 Å². The molecule has 1 heterocycles. The third kappa shape index (κ3) is 5.57. The van der Waals surface area contributed by atoms with Gasteiger partial charge in [0.1, 0.15) is 11.8 Å². The van der Waals surface area contributed by atoms with Gasteiger partial charge in [0.25, 0.3) is 5.91 Å². The Morgan fingerprint density at radius 2 is 1.77 bits per heavy atom. The Morgan fingerprint density at radius 3 is 2.47 bits per heavy atom. The highest BCUT2D eigenvalue weighted by Gasteiger charge is 2.19. The maximum absolute atomic E-state index is 12.6. The lowest BCUT2D eigenvalue weighted by Gasteiger charge is -2.14. The molecule has 2 aromatic carbocycles. The minimum Gasteiger partial charge on any atom is -0.467 e. The fourth-order valence-corrected chi connectivity index (χ4v) is 4.18. The van der Waals surface area contributed by atoms with Crippen molar-refractivity contribution in [2.24, 2.45) is 0 Å². The molecule has 0 saturated carbocycles. The van der Waals surface area contributed by atoms with E-state index in [1.165, 1.54) is 24.5 Å². The van der Waals surface area contributed by atoms with E-state index < -0.39 is 21.8 Å². The summed E-state index contributed by atoms with van der Waals surface area (Å²) in [7, 11) is -3.53. The molecule has 2 amide bonds. The van der Waals surface area contributed by atoms with Gasteiger partial charge in [-0.2, -0.15) is 0 Å². The van der Waals surface area contributed by atoms with E-state index in [2.05, 4.69) is 10.6 Å². The molecule has 0 bridgehead atoms. The Bertz CT molecular complexity index is 1110. The predicted molar refractivity (Wildman–Crippen MR) is 111 cm³/mol.